The van der Waals surface area contributed by atoms with Crippen molar-refractivity contribution in [3.63, 3.8) is 0 Å². The van der Waals surface area contributed by atoms with E-state index in [0.717, 1.165) is 23.6 Å². The third-order valence-electron chi connectivity index (χ3n) is 2.73. The van der Waals surface area contributed by atoms with Gasteiger partial charge in [0.05, 0.1) is 13.5 Å². The minimum Gasteiger partial charge on any atom is -0.469 e. The highest BCUT2D eigenvalue weighted by Gasteiger charge is 2.07. The van der Waals surface area contributed by atoms with E-state index in [2.05, 4.69) is 17.0 Å². The first kappa shape index (κ1) is 16.3. The summed E-state index contributed by atoms with van der Waals surface area (Å²) < 4.78 is 15.6. The van der Waals surface area contributed by atoms with E-state index < -0.39 is 10.8 Å². The van der Waals surface area contributed by atoms with Gasteiger partial charge in [-0.2, -0.15) is 0 Å². The molecule has 0 saturated heterocycles. The Balaban J connectivity index is 2.33. The molecule has 0 amide bonds. The zero-order chi connectivity index (χ0) is 14.3. The van der Waals surface area contributed by atoms with Crippen LogP contribution in [0, 0.1) is 0 Å². The molecular formula is C13H21NO3S2. The van der Waals surface area contributed by atoms with Gasteiger partial charge in [0, 0.05) is 45.1 Å². The van der Waals surface area contributed by atoms with Crippen LogP contribution in [0.15, 0.2) is 12.1 Å². The highest BCUT2D eigenvalue weighted by molar-refractivity contribution is 7.84. The van der Waals surface area contributed by atoms with Gasteiger partial charge in [-0.15, -0.1) is 11.3 Å². The smallest absolute Gasteiger partial charge is 0.310 e. The fourth-order valence-electron chi connectivity index (χ4n) is 1.55. The van der Waals surface area contributed by atoms with Crippen molar-refractivity contribution in [1.82, 2.24) is 5.32 Å². The monoisotopic (exact) mass is 303 g/mol. The van der Waals surface area contributed by atoms with Crippen LogP contribution in [0.3, 0.4) is 0 Å². The lowest BCUT2D eigenvalue weighted by Crippen LogP contribution is -2.26. The van der Waals surface area contributed by atoms with Crippen LogP contribution >= 0.6 is 11.3 Å². The molecule has 0 aliphatic carbocycles. The second-order valence-corrected chi connectivity index (χ2v) is 7.28. The summed E-state index contributed by atoms with van der Waals surface area (Å²) in [7, 11) is 0.674. The number of nitrogens with one attached hydrogen (secondary N) is 1. The van der Waals surface area contributed by atoms with Gasteiger partial charge in [0.15, 0.2) is 0 Å². The quantitative estimate of drug-likeness (QED) is 0.743. The van der Waals surface area contributed by atoms with Crippen molar-refractivity contribution in [2.45, 2.75) is 32.4 Å². The molecule has 0 bridgehead atoms. The van der Waals surface area contributed by atoms with E-state index >= 15 is 0 Å². The van der Waals surface area contributed by atoms with Crippen LogP contribution < -0.4 is 5.32 Å². The summed E-state index contributed by atoms with van der Waals surface area (Å²) in [5.74, 6) is 0.520. The first-order chi connectivity index (χ1) is 9.01. The summed E-state index contributed by atoms with van der Waals surface area (Å²) in [6, 6.07) is 4.33. The van der Waals surface area contributed by atoms with E-state index in [0.29, 0.717) is 12.5 Å². The zero-order valence-corrected chi connectivity index (χ0v) is 13.2. The van der Waals surface area contributed by atoms with E-state index in [4.69, 9.17) is 0 Å². The van der Waals surface area contributed by atoms with Crippen LogP contribution in [0.4, 0.5) is 0 Å². The van der Waals surface area contributed by atoms with Crippen molar-refractivity contribution < 1.29 is 13.7 Å². The topological polar surface area (TPSA) is 55.4 Å². The van der Waals surface area contributed by atoms with Crippen molar-refractivity contribution in [3.05, 3.63) is 21.9 Å². The Morgan fingerprint density at radius 3 is 2.79 bits per heavy atom. The van der Waals surface area contributed by atoms with Crippen LogP contribution in [0.2, 0.25) is 0 Å². The van der Waals surface area contributed by atoms with Gasteiger partial charge in [0.2, 0.25) is 0 Å². The molecule has 1 aromatic heterocycles. The lowest BCUT2D eigenvalue weighted by molar-refractivity contribution is -0.139. The molecule has 1 aromatic rings. The van der Waals surface area contributed by atoms with Crippen LogP contribution in [-0.4, -0.2) is 35.3 Å². The van der Waals surface area contributed by atoms with Crippen molar-refractivity contribution in [2.24, 2.45) is 0 Å². The van der Waals surface area contributed by atoms with Crippen LogP contribution in [0.25, 0.3) is 0 Å². The molecule has 1 N–H and O–H groups in total. The standard InChI is InChI=1S/C13H21NO3S2/c1-10(6-7-19(3)16)14-9-12-5-4-11(18-12)8-13(15)17-2/h4-5,10,14H,6-9H2,1-3H3. The average Bonchev–Trinajstić information content (AvgIpc) is 2.81. The normalized spacial score (nSPS) is 14.1. The molecule has 0 spiro atoms. The van der Waals surface area contributed by atoms with Gasteiger partial charge in [-0.05, 0) is 25.5 Å². The molecule has 108 valence electrons. The van der Waals surface area contributed by atoms with Gasteiger partial charge >= 0.3 is 5.97 Å². The Morgan fingerprint density at radius 2 is 2.16 bits per heavy atom. The van der Waals surface area contributed by atoms with Crippen LogP contribution in [-0.2, 0) is 33.3 Å². The molecule has 0 aliphatic heterocycles. The Hall–Kier alpha value is -0.720. The SMILES string of the molecule is COC(=O)Cc1ccc(CNC(C)CCS(C)=O)s1. The summed E-state index contributed by atoms with van der Waals surface area (Å²) in [6.07, 6.45) is 2.97. The molecule has 2 unspecified atom stereocenters. The van der Waals surface area contributed by atoms with Gasteiger partial charge in [0.1, 0.15) is 0 Å². The Morgan fingerprint density at radius 1 is 1.47 bits per heavy atom. The molecule has 0 aliphatic rings. The maximum atomic E-state index is 11.1. The summed E-state index contributed by atoms with van der Waals surface area (Å²) >= 11 is 1.62. The average molecular weight is 303 g/mol. The zero-order valence-electron chi connectivity index (χ0n) is 11.6. The fourth-order valence-corrected chi connectivity index (χ4v) is 3.19. The molecular weight excluding hydrogens is 282 g/mol. The van der Waals surface area contributed by atoms with Crippen molar-refractivity contribution in [2.75, 3.05) is 19.1 Å². The van der Waals surface area contributed by atoms with Gasteiger partial charge in [-0.25, -0.2) is 0 Å². The van der Waals surface area contributed by atoms with E-state index in [-0.39, 0.29) is 5.97 Å². The summed E-state index contributed by atoms with van der Waals surface area (Å²) in [4.78, 5) is 13.4. The molecule has 4 nitrogen and oxygen atoms in total. The first-order valence-corrected chi connectivity index (χ1v) is 8.73. The number of hydrogen-bond acceptors (Lipinski definition) is 5. The predicted octanol–water partition coefficient (Wildman–Crippen LogP) is 1.71. The van der Waals surface area contributed by atoms with Crippen LogP contribution in [0.5, 0.6) is 0 Å². The number of hydrogen-bond donors (Lipinski definition) is 1. The predicted molar refractivity (Wildman–Crippen MR) is 79.9 cm³/mol. The van der Waals surface area contributed by atoms with E-state index in [9.17, 15) is 9.00 Å². The minimum atomic E-state index is -0.727. The van der Waals surface area contributed by atoms with Crippen molar-refractivity contribution in [1.29, 1.82) is 0 Å². The molecule has 0 fully saturated rings. The van der Waals surface area contributed by atoms with Gasteiger partial charge in [-0.1, -0.05) is 0 Å². The molecule has 1 rings (SSSR count). The van der Waals surface area contributed by atoms with Gasteiger partial charge in [0.25, 0.3) is 0 Å². The largest absolute Gasteiger partial charge is 0.469 e. The third kappa shape index (κ3) is 6.84. The number of carbonyl (C=O) groups is 1. The van der Waals surface area contributed by atoms with E-state index in [1.165, 1.54) is 12.0 Å². The van der Waals surface area contributed by atoms with Crippen molar-refractivity contribution in [3.8, 4) is 0 Å². The Bertz CT molecular complexity index is 431. The number of ether oxygens (including phenoxy) is 1. The number of esters is 1. The number of methoxy groups -OCH3 is 1. The highest BCUT2D eigenvalue weighted by Crippen LogP contribution is 2.17. The highest BCUT2D eigenvalue weighted by atomic mass is 32.2. The summed E-state index contributed by atoms with van der Waals surface area (Å²) in [6.45, 7) is 2.87. The van der Waals surface area contributed by atoms with Crippen LogP contribution in [0.1, 0.15) is 23.1 Å². The Labute approximate surface area is 121 Å². The number of thiophene rings is 1. The molecule has 2 atom stereocenters. The first-order valence-electron chi connectivity index (χ1n) is 6.19. The third-order valence-corrected chi connectivity index (χ3v) is 4.62. The number of rotatable bonds is 8. The second-order valence-electron chi connectivity index (χ2n) is 4.47. The van der Waals surface area contributed by atoms with E-state index in [1.54, 1.807) is 17.6 Å². The maximum Gasteiger partial charge on any atom is 0.310 e. The lowest BCUT2D eigenvalue weighted by atomic mass is 10.2. The fraction of sp³-hybridized carbons (Fsp3) is 0.615. The molecule has 0 aromatic carbocycles. The number of carbonyl (C=O) groups excluding carboxylic acids is 1. The minimum absolute atomic E-state index is 0.208. The molecule has 19 heavy (non-hydrogen) atoms. The molecule has 0 saturated carbocycles. The molecule has 6 heteroatoms. The molecule has 0 radical (unpaired) electrons. The van der Waals surface area contributed by atoms with Crippen molar-refractivity contribution >= 4 is 28.1 Å². The summed E-state index contributed by atoms with van der Waals surface area (Å²) in [5.41, 5.74) is 0. The summed E-state index contributed by atoms with van der Waals surface area (Å²) in [5, 5.41) is 3.39. The van der Waals surface area contributed by atoms with Gasteiger partial charge in [-0.3, -0.25) is 9.00 Å². The molecule has 1 heterocycles. The van der Waals surface area contributed by atoms with E-state index in [1.807, 2.05) is 12.1 Å². The second kappa shape index (κ2) is 8.45. The lowest BCUT2D eigenvalue weighted by Gasteiger charge is -2.11. The van der Waals surface area contributed by atoms with Gasteiger partial charge < -0.3 is 10.1 Å². The maximum absolute atomic E-state index is 11.1. The Kier molecular flexibility index (Phi) is 7.27.